The third-order valence-corrected chi connectivity index (χ3v) is 4.11. The van der Waals surface area contributed by atoms with E-state index < -0.39 is 0 Å². The van der Waals surface area contributed by atoms with E-state index in [-0.39, 0.29) is 18.7 Å². The van der Waals surface area contributed by atoms with Crippen molar-refractivity contribution in [1.29, 1.82) is 0 Å². The van der Waals surface area contributed by atoms with Crippen LogP contribution in [0.5, 0.6) is 11.5 Å². The Morgan fingerprint density at radius 3 is 2.27 bits per heavy atom. The number of amides is 1. The number of benzene rings is 2. The van der Waals surface area contributed by atoms with Crippen LogP contribution in [0.25, 0.3) is 0 Å². The first-order valence-electron chi connectivity index (χ1n) is 8.69. The molecule has 0 bridgehead atoms. The van der Waals surface area contributed by atoms with Gasteiger partial charge in [0.2, 0.25) is 5.91 Å². The van der Waals surface area contributed by atoms with Crippen molar-refractivity contribution in [1.82, 2.24) is 0 Å². The topological polar surface area (TPSA) is 64.6 Å². The second kappa shape index (κ2) is 10.2. The lowest BCUT2D eigenvalue weighted by atomic mass is 10.0. The molecule has 2 aromatic rings. The van der Waals surface area contributed by atoms with E-state index in [0.29, 0.717) is 0 Å². The van der Waals surface area contributed by atoms with Crippen LogP contribution >= 0.6 is 0 Å². The molecule has 0 fully saturated rings. The third-order valence-electron chi connectivity index (χ3n) is 4.11. The maximum absolute atomic E-state index is 11.6. The monoisotopic (exact) mass is 355 g/mol. The summed E-state index contributed by atoms with van der Waals surface area (Å²) in [6.45, 7) is 0. The lowest BCUT2D eigenvalue weighted by Gasteiger charge is -2.10. The highest BCUT2D eigenvalue weighted by molar-refractivity contribution is 5.91. The molecular formula is C21H25NO4. The van der Waals surface area contributed by atoms with Crippen LogP contribution in [0, 0.1) is 0 Å². The van der Waals surface area contributed by atoms with Crippen LogP contribution in [-0.4, -0.2) is 26.4 Å². The smallest absolute Gasteiger partial charge is 0.224 e. The van der Waals surface area contributed by atoms with Gasteiger partial charge in [-0.3, -0.25) is 4.79 Å². The van der Waals surface area contributed by atoms with Gasteiger partial charge in [-0.05, 0) is 54.7 Å². The van der Waals surface area contributed by atoms with Crippen molar-refractivity contribution in [2.45, 2.75) is 32.1 Å². The number of methoxy groups -OCH3 is 2. The molecule has 0 heterocycles. The van der Waals surface area contributed by atoms with Gasteiger partial charge in [0.05, 0.1) is 14.2 Å². The van der Waals surface area contributed by atoms with E-state index in [1.165, 1.54) is 11.1 Å². The number of hydrogen-bond acceptors (Lipinski definition) is 4. The zero-order valence-corrected chi connectivity index (χ0v) is 15.3. The van der Waals surface area contributed by atoms with Gasteiger partial charge in [0, 0.05) is 18.5 Å². The molecule has 0 aromatic heterocycles. The molecule has 5 nitrogen and oxygen atoms in total. The first kappa shape index (κ1) is 19.5. The SMILES string of the molecule is COc1ccc(CCCc2ccc(NC(=O)CCC=O)cc2)cc1OC. The van der Waals surface area contributed by atoms with E-state index >= 15 is 0 Å². The van der Waals surface area contributed by atoms with E-state index in [1.54, 1.807) is 14.2 Å². The molecule has 2 rings (SSSR count). The molecule has 138 valence electrons. The summed E-state index contributed by atoms with van der Waals surface area (Å²) in [5.41, 5.74) is 3.18. The van der Waals surface area contributed by atoms with Crippen LogP contribution in [0.2, 0.25) is 0 Å². The Morgan fingerprint density at radius 2 is 1.62 bits per heavy atom. The molecule has 1 amide bonds. The molecule has 0 radical (unpaired) electrons. The number of anilines is 1. The van der Waals surface area contributed by atoms with Gasteiger partial charge in [0.1, 0.15) is 6.29 Å². The van der Waals surface area contributed by atoms with Gasteiger partial charge in [-0.1, -0.05) is 18.2 Å². The summed E-state index contributed by atoms with van der Waals surface area (Å²) >= 11 is 0. The number of aldehydes is 1. The fraction of sp³-hybridized carbons (Fsp3) is 0.333. The quantitative estimate of drug-likeness (QED) is 0.659. The van der Waals surface area contributed by atoms with Gasteiger partial charge >= 0.3 is 0 Å². The van der Waals surface area contributed by atoms with Gasteiger partial charge in [-0.25, -0.2) is 0 Å². The van der Waals surface area contributed by atoms with E-state index in [0.717, 1.165) is 42.7 Å². The Hall–Kier alpha value is -2.82. The highest BCUT2D eigenvalue weighted by atomic mass is 16.5. The van der Waals surface area contributed by atoms with Crippen molar-refractivity contribution < 1.29 is 19.1 Å². The molecule has 26 heavy (non-hydrogen) atoms. The van der Waals surface area contributed by atoms with Crippen LogP contribution in [0.1, 0.15) is 30.4 Å². The normalized spacial score (nSPS) is 10.2. The average molecular weight is 355 g/mol. The van der Waals surface area contributed by atoms with Crippen molar-refractivity contribution in [2.75, 3.05) is 19.5 Å². The number of nitrogens with one attached hydrogen (secondary N) is 1. The molecule has 0 unspecified atom stereocenters. The predicted octanol–water partition coefficient (Wildman–Crippen LogP) is 3.80. The lowest BCUT2D eigenvalue weighted by Crippen LogP contribution is -2.11. The molecular weight excluding hydrogens is 330 g/mol. The first-order valence-corrected chi connectivity index (χ1v) is 8.69. The summed E-state index contributed by atoms with van der Waals surface area (Å²) in [6.07, 6.45) is 4.14. The highest BCUT2D eigenvalue weighted by Crippen LogP contribution is 2.28. The molecule has 1 N–H and O–H groups in total. The van der Waals surface area contributed by atoms with E-state index in [4.69, 9.17) is 9.47 Å². The number of carbonyl (C=O) groups is 2. The van der Waals surface area contributed by atoms with E-state index in [1.807, 2.05) is 36.4 Å². The predicted molar refractivity (Wildman–Crippen MR) is 102 cm³/mol. The fourth-order valence-electron chi connectivity index (χ4n) is 2.70. The molecule has 0 spiro atoms. The minimum atomic E-state index is -0.140. The Bertz CT molecular complexity index is 725. The van der Waals surface area contributed by atoms with Crippen molar-refractivity contribution >= 4 is 17.9 Å². The number of hydrogen-bond donors (Lipinski definition) is 1. The van der Waals surface area contributed by atoms with Crippen LogP contribution in [0.3, 0.4) is 0 Å². The molecule has 0 aliphatic heterocycles. The number of aryl methyl sites for hydroxylation is 2. The Labute approximate surface area is 154 Å². The number of carbonyl (C=O) groups excluding carboxylic acids is 2. The third kappa shape index (κ3) is 5.92. The molecule has 0 saturated heterocycles. The summed E-state index contributed by atoms with van der Waals surface area (Å²) in [7, 11) is 3.27. The molecule has 5 heteroatoms. The summed E-state index contributed by atoms with van der Waals surface area (Å²) in [5, 5.41) is 2.79. The van der Waals surface area contributed by atoms with Crippen LogP contribution < -0.4 is 14.8 Å². The van der Waals surface area contributed by atoms with Gasteiger partial charge in [-0.2, -0.15) is 0 Å². The first-order chi connectivity index (χ1) is 12.7. The zero-order valence-electron chi connectivity index (χ0n) is 15.3. The minimum Gasteiger partial charge on any atom is -0.493 e. The van der Waals surface area contributed by atoms with Crippen LogP contribution in [0.15, 0.2) is 42.5 Å². The van der Waals surface area contributed by atoms with E-state index in [2.05, 4.69) is 11.4 Å². The molecule has 2 aromatic carbocycles. The maximum atomic E-state index is 11.6. The van der Waals surface area contributed by atoms with Crippen molar-refractivity contribution in [3.8, 4) is 11.5 Å². The average Bonchev–Trinajstić information content (AvgIpc) is 2.67. The van der Waals surface area contributed by atoms with E-state index in [9.17, 15) is 9.59 Å². The van der Waals surface area contributed by atoms with Gasteiger partial charge in [0.15, 0.2) is 11.5 Å². The van der Waals surface area contributed by atoms with Gasteiger partial charge in [0.25, 0.3) is 0 Å². The standard InChI is InChI=1S/C21H25NO4/c1-25-19-13-10-17(15-20(19)26-2)6-3-5-16-8-11-18(12-9-16)22-21(24)7-4-14-23/h8-15H,3-7H2,1-2H3,(H,22,24). The number of rotatable bonds is 10. The van der Waals surface area contributed by atoms with Gasteiger partial charge in [-0.15, -0.1) is 0 Å². The van der Waals surface area contributed by atoms with Gasteiger partial charge < -0.3 is 19.6 Å². The summed E-state index contributed by atoms with van der Waals surface area (Å²) in [4.78, 5) is 21.9. The summed E-state index contributed by atoms with van der Waals surface area (Å²) < 4.78 is 10.6. The minimum absolute atomic E-state index is 0.140. The molecule has 0 atom stereocenters. The Morgan fingerprint density at radius 1 is 0.962 bits per heavy atom. The summed E-state index contributed by atoms with van der Waals surface area (Å²) in [6, 6.07) is 13.8. The summed E-state index contributed by atoms with van der Waals surface area (Å²) in [5.74, 6) is 1.35. The van der Waals surface area contributed by atoms with Crippen molar-refractivity contribution in [3.63, 3.8) is 0 Å². The van der Waals surface area contributed by atoms with Crippen LogP contribution in [-0.2, 0) is 22.4 Å². The second-order valence-corrected chi connectivity index (χ2v) is 5.99. The van der Waals surface area contributed by atoms with Crippen molar-refractivity contribution in [2.24, 2.45) is 0 Å². The highest BCUT2D eigenvalue weighted by Gasteiger charge is 2.05. The Kier molecular flexibility index (Phi) is 7.68. The fourth-order valence-corrected chi connectivity index (χ4v) is 2.70. The molecule has 0 aliphatic rings. The zero-order chi connectivity index (χ0) is 18.8. The molecule has 0 saturated carbocycles. The largest absolute Gasteiger partial charge is 0.493 e. The van der Waals surface area contributed by atoms with Crippen molar-refractivity contribution in [3.05, 3.63) is 53.6 Å². The number of ether oxygens (including phenoxy) is 2. The maximum Gasteiger partial charge on any atom is 0.224 e. The molecule has 0 aliphatic carbocycles. The second-order valence-electron chi connectivity index (χ2n) is 5.99. The lowest BCUT2D eigenvalue weighted by molar-refractivity contribution is -0.118. The Balaban J connectivity index is 1.82. The van der Waals surface area contributed by atoms with Crippen LogP contribution in [0.4, 0.5) is 5.69 Å².